The fraction of sp³-hybridized carbons (Fsp3) is 0.375. The van der Waals surface area contributed by atoms with Crippen LogP contribution in [0.2, 0.25) is 5.02 Å². The number of anilines is 1. The third kappa shape index (κ3) is 4.17. The standard InChI is InChI=1S/C16H19BrClN3/c1-3-6-13-14(17)16(19-9-4-2)21-15(20-13)11-7-5-8-12(18)10-11/h5,7-8,10H,3-4,6,9H2,1-2H3,(H,19,20,21). The van der Waals surface area contributed by atoms with Crippen LogP contribution in [0.3, 0.4) is 0 Å². The zero-order chi connectivity index (χ0) is 15.2. The van der Waals surface area contributed by atoms with Crippen molar-refractivity contribution >= 4 is 33.3 Å². The first-order chi connectivity index (χ1) is 10.2. The highest BCUT2D eigenvalue weighted by atomic mass is 79.9. The highest BCUT2D eigenvalue weighted by Gasteiger charge is 2.13. The van der Waals surface area contributed by atoms with Gasteiger partial charge in [-0.25, -0.2) is 9.97 Å². The third-order valence-electron chi connectivity index (χ3n) is 3.03. The van der Waals surface area contributed by atoms with Crippen molar-refractivity contribution in [3.05, 3.63) is 39.5 Å². The van der Waals surface area contributed by atoms with Gasteiger partial charge in [0.05, 0.1) is 10.2 Å². The first-order valence-electron chi connectivity index (χ1n) is 7.22. The maximum Gasteiger partial charge on any atom is 0.161 e. The summed E-state index contributed by atoms with van der Waals surface area (Å²) in [7, 11) is 0. The van der Waals surface area contributed by atoms with Crippen LogP contribution in [-0.4, -0.2) is 16.5 Å². The highest BCUT2D eigenvalue weighted by molar-refractivity contribution is 9.10. The smallest absolute Gasteiger partial charge is 0.161 e. The van der Waals surface area contributed by atoms with Crippen LogP contribution < -0.4 is 5.32 Å². The maximum atomic E-state index is 6.07. The second-order valence-electron chi connectivity index (χ2n) is 4.84. The number of hydrogen-bond acceptors (Lipinski definition) is 3. The molecule has 0 radical (unpaired) electrons. The quantitative estimate of drug-likeness (QED) is 0.748. The molecule has 21 heavy (non-hydrogen) atoms. The van der Waals surface area contributed by atoms with E-state index in [2.05, 4.69) is 45.1 Å². The first-order valence-corrected chi connectivity index (χ1v) is 8.39. The summed E-state index contributed by atoms with van der Waals surface area (Å²) in [6.45, 7) is 5.16. The van der Waals surface area contributed by atoms with Gasteiger partial charge in [0.2, 0.25) is 0 Å². The van der Waals surface area contributed by atoms with Gasteiger partial charge in [-0.3, -0.25) is 0 Å². The average Bonchev–Trinajstić information content (AvgIpc) is 2.48. The largest absolute Gasteiger partial charge is 0.369 e. The topological polar surface area (TPSA) is 37.8 Å². The Kier molecular flexibility index (Phi) is 6.00. The number of aromatic nitrogens is 2. The molecule has 5 heteroatoms. The summed E-state index contributed by atoms with van der Waals surface area (Å²) in [5.41, 5.74) is 1.97. The van der Waals surface area contributed by atoms with Crippen LogP contribution in [0.15, 0.2) is 28.7 Å². The molecule has 2 aromatic rings. The number of aryl methyl sites for hydroxylation is 1. The molecule has 0 spiro atoms. The van der Waals surface area contributed by atoms with Crippen molar-refractivity contribution in [2.75, 3.05) is 11.9 Å². The molecule has 0 amide bonds. The Morgan fingerprint density at radius 1 is 1.19 bits per heavy atom. The van der Waals surface area contributed by atoms with Gasteiger partial charge < -0.3 is 5.32 Å². The number of hydrogen-bond donors (Lipinski definition) is 1. The van der Waals surface area contributed by atoms with Crippen LogP contribution in [-0.2, 0) is 6.42 Å². The Morgan fingerprint density at radius 2 is 2.00 bits per heavy atom. The SMILES string of the molecule is CCCNc1nc(-c2cccc(Cl)c2)nc(CCC)c1Br. The minimum absolute atomic E-state index is 0.694. The zero-order valence-electron chi connectivity index (χ0n) is 12.3. The number of nitrogens with one attached hydrogen (secondary N) is 1. The van der Waals surface area contributed by atoms with Crippen LogP contribution >= 0.6 is 27.5 Å². The molecular formula is C16H19BrClN3. The lowest BCUT2D eigenvalue weighted by molar-refractivity contribution is 0.865. The van der Waals surface area contributed by atoms with E-state index in [1.165, 1.54) is 0 Å². The van der Waals surface area contributed by atoms with Gasteiger partial charge in [-0.05, 0) is 40.9 Å². The first kappa shape index (κ1) is 16.2. The fourth-order valence-corrected chi connectivity index (χ4v) is 2.72. The van der Waals surface area contributed by atoms with Crippen molar-refractivity contribution in [1.82, 2.24) is 9.97 Å². The Bertz CT molecular complexity index is 616. The maximum absolute atomic E-state index is 6.07. The molecular weight excluding hydrogens is 350 g/mol. The van der Waals surface area contributed by atoms with Crippen LogP contribution in [0.4, 0.5) is 5.82 Å². The minimum atomic E-state index is 0.694. The van der Waals surface area contributed by atoms with Crippen molar-refractivity contribution < 1.29 is 0 Å². The van der Waals surface area contributed by atoms with Crippen molar-refractivity contribution in [2.45, 2.75) is 33.1 Å². The summed E-state index contributed by atoms with van der Waals surface area (Å²) in [6.07, 6.45) is 3.00. The molecule has 0 fully saturated rings. The number of benzene rings is 1. The van der Waals surface area contributed by atoms with E-state index in [9.17, 15) is 0 Å². The molecule has 2 rings (SSSR count). The van der Waals surface area contributed by atoms with Gasteiger partial charge in [0, 0.05) is 17.1 Å². The zero-order valence-corrected chi connectivity index (χ0v) is 14.6. The van der Waals surface area contributed by atoms with Gasteiger partial charge >= 0.3 is 0 Å². The van der Waals surface area contributed by atoms with Gasteiger partial charge in [0.1, 0.15) is 5.82 Å². The number of nitrogens with zero attached hydrogens (tertiary/aromatic N) is 2. The van der Waals surface area contributed by atoms with Crippen LogP contribution in [0.25, 0.3) is 11.4 Å². The predicted molar refractivity (Wildman–Crippen MR) is 93.0 cm³/mol. The molecule has 0 unspecified atom stereocenters. The van der Waals surface area contributed by atoms with E-state index in [0.29, 0.717) is 10.8 Å². The monoisotopic (exact) mass is 367 g/mol. The molecule has 0 saturated heterocycles. The second-order valence-corrected chi connectivity index (χ2v) is 6.07. The van der Waals surface area contributed by atoms with E-state index in [0.717, 1.165) is 47.4 Å². The third-order valence-corrected chi connectivity index (χ3v) is 4.10. The summed E-state index contributed by atoms with van der Waals surface area (Å²) < 4.78 is 0.962. The number of halogens is 2. The van der Waals surface area contributed by atoms with Crippen molar-refractivity contribution in [3.63, 3.8) is 0 Å². The van der Waals surface area contributed by atoms with E-state index in [-0.39, 0.29) is 0 Å². The lowest BCUT2D eigenvalue weighted by Crippen LogP contribution is -2.07. The van der Waals surface area contributed by atoms with E-state index in [1.54, 1.807) is 0 Å². The van der Waals surface area contributed by atoms with E-state index < -0.39 is 0 Å². The van der Waals surface area contributed by atoms with Gasteiger partial charge in [-0.15, -0.1) is 0 Å². The number of rotatable bonds is 6. The molecule has 0 aliphatic carbocycles. The molecule has 1 heterocycles. The molecule has 0 aliphatic heterocycles. The van der Waals surface area contributed by atoms with E-state index in [4.69, 9.17) is 11.6 Å². The highest BCUT2D eigenvalue weighted by Crippen LogP contribution is 2.29. The molecule has 0 saturated carbocycles. The second kappa shape index (κ2) is 7.76. The van der Waals surface area contributed by atoms with Crippen molar-refractivity contribution in [2.24, 2.45) is 0 Å². The van der Waals surface area contributed by atoms with Crippen LogP contribution in [0.5, 0.6) is 0 Å². The Labute approximate surface area is 139 Å². The lowest BCUT2D eigenvalue weighted by atomic mass is 10.2. The Morgan fingerprint density at radius 3 is 2.67 bits per heavy atom. The van der Waals surface area contributed by atoms with Gasteiger partial charge in [-0.1, -0.05) is 44.0 Å². The van der Waals surface area contributed by atoms with Crippen molar-refractivity contribution in [1.29, 1.82) is 0 Å². The predicted octanol–water partition coefficient (Wildman–Crippen LogP) is 5.33. The summed E-state index contributed by atoms with van der Waals surface area (Å²) >= 11 is 9.69. The molecule has 112 valence electrons. The van der Waals surface area contributed by atoms with Gasteiger partial charge in [0.15, 0.2) is 5.82 Å². The van der Waals surface area contributed by atoms with Crippen LogP contribution in [0, 0.1) is 0 Å². The van der Waals surface area contributed by atoms with Crippen molar-refractivity contribution in [3.8, 4) is 11.4 Å². The average molecular weight is 369 g/mol. The summed E-state index contributed by atoms with van der Waals surface area (Å²) in [5.74, 6) is 1.56. The molecule has 1 N–H and O–H groups in total. The molecule has 1 aromatic heterocycles. The molecule has 0 bridgehead atoms. The molecule has 3 nitrogen and oxygen atoms in total. The van der Waals surface area contributed by atoms with E-state index >= 15 is 0 Å². The molecule has 0 aliphatic rings. The Hall–Kier alpha value is -1.13. The minimum Gasteiger partial charge on any atom is -0.369 e. The van der Waals surface area contributed by atoms with E-state index in [1.807, 2.05) is 24.3 Å². The van der Waals surface area contributed by atoms with Gasteiger partial charge in [-0.2, -0.15) is 0 Å². The molecule has 0 atom stereocenters. The van der Waals surface area contributed by atoms with Gasteiger partial charge in [0.25, 0.3) is 0 Å². The Balaban J connectivity index is 2.47. The molecule has 1 aromatic carbocycles. The summed E-state index contributed by atoms with van der Waals surface area (Å²) in [6, 6.07) is 7.65. The fourth-order valence-electron chi connectivity index (χ4n) is 2.01. The summed E-state index contributed by atoms with van der Waals surface area (Å²) in [4.78, 5) is 9.32. The van der Waals surface area contributed by atoms with Crippen LogP contribution in [0.1, 0.15) is 32.4 Å². The normalized spacial score (nSPS) is 10.7. The lowest BCUT2D eigenvalue weighted by Gasteiger charge is -2.12. The summed E-state index contributed by atoms with van der Waals surface area (Å²) in [5, 5.41) is 4.05.